The second-order valence-corrected chi connectivity index (χ2v) is 5.09. The maximum Gasteiger partial charge on any atom is 0.162 e. The predicted octanol–water partition coefficient (Wildman–Crippen LogP) is 3.71. The second-order valence-electron chi connectivity index (χ2n) is 4.03. The van der Waals surface area contributed by atoms with Crippen molar-refractivity contribution in [1.82, 2.24) is 15.0 Å². The number of aromatic nitrogens is 3. The Labute approximate surface area is 113 Å². The summed E-state index contributed by atoms with van der Waals surface area (Å²) in [6.45, 7) is 1.95. The number of hydrogen-bond acceptors (Lipinski definition) is 4. The minimum absolute atomic E-state index is 0.320. The third-order valence-electron chi connectivity index (χ3n) is 2.68. The molecule has 0 radical (unpaired) electrons. The zero-order valence-corrected chi connectivity index (χ0v) is 11.0. The lowest BCUT2D eigenvalue weighted by atomic mass is 10.2. The normalized spacial score (nSPS) is 10.6. The lowest BCUT2D eigenvalue weighted by Crippen LogP contribution is -1.92. The maximum absolute atomic E-state index is 13.6. The van der Waals surface area contributed by atoms with E-state index in [1.807, 2.05) is 12.3 Å². The Morgan fingerprint density at radius 1 is 1.11 bits per heavy atom. The van der Waals surface area contributed by atoms with Crippen LogP contribution in [0.2, 0.25) is 0 Å². The van der Waals surface area contributed by atoms with E-state index in [0.717, 1.165) is 16.3 Å². The van der Waals surface area contributed by atoms with Gasteiger partial charge in [-0.25, -0.2) is 19.3 Å². The first-order valence-electron chi connectivity index (χ1n) is 5.73. The van der Waals surface area contributed by atoms with Gasteiger partial charge in [-0.2, -0.15) is 0 Å². The molecule has 0 saturated heterocycles. The topological polar surface area (TPSA) is 38.7 Å². The Bertz CT molecular complexity index is 707. The van der Waals surface area contributed by atoms with E-state index in [1.54, 1.807) is 41.9 Å². The van der Waals surface area contributed by atoms with Gasteiger partial charge >= 0.3 is 0 Å². The average Bonchev–Trinajstić information content (AvgIpc) is 2.86. The average molecular weight is 271 g/mol. The van der Waals surface area contributed by atoms with Crippen molar-refractivity contribution in [2.45, 2.75) is 6.92 Å². The molecule has 0 fully saturated rings. The van der Waals surface area contributed by atoms with Gasteiger partial charge in [0, 0.05) is 23.3 Å². The van der Waals surface area contributed by atoms with E-state index in [4.69, 9.17) is 0 Å². The summed E-state index contributed by atoms with van der Waals surface area (Å²) in [5, 5.41) is 2.95. The van der Waals surface area contributed by atoms with Crippen LogP contribution < -0.4 is 0 Å². The number of benzene rings is 1. The van der Waals surface area contributed by atoms with Crippen molar-refractivity contribution < 1.29 is 4.39 Å². The molecule has 5 heteroatoms. The fourth-order valence-electron chi connectivity index (χ4n) is 1.74. The summed E-state index contributed by atoms with van der Waals surface area (Å²) < 4.78 is 13.6. The highest BCUT2D eigenvalue weighted by Crippen LogP contribution is 2.23. The molecule has 0 aliphatic carbocycles. The maximum atomic E-state index is 13.6. The van der Waals surface area contributed by atoms with Gasteiger partial charge in [0.15, 0.2) is 5.82 Å². The molecule has 2 heterocycles. The van der Waals surface area contributed by atoms with Crippen molar-refractivity contribution in [3.05, 3.63) is 52.9 Å². The van der Waals surface area contributed by atoms with Gasteiger partial charge in [0.25, 0.3) is 0 Å². The highest BCUT2D eigenvalue weighted by Gasteiger charge is 2.08. The summed E-state index contributed by atoms with van der Waals surface area (Å²) >= 11 is 1.58. The van der Waals surface area contributed by atoms with E-state index in [1.165, 1.54) is 6.07 Å². The van der Waals surface area contributed by atoms with Gasteiger partial charge in [-0.3, -0.25) is 0 Å². The van der Waals surface area contributed by atoms with Gasteiger partial charge in [0.2, 0.25) is 0 Å². The van der Waals surface area contributed by atoms with Crippen LogP contribution in [0.5, 0.6) is 0 Å². The third-order valence-corrected chi connectivity index (χ3v) is 3.45. The predicted molar refractivity (Wildman–Crippen MR) is 73.3 cm³/mol. The molecule has 3 rings (SSSR count). The fourth-order valence-corrected chi connectivity index (χ4v) is 2.36. The summed E-state index contributed by atoms with van der Waals surface area (Å²) in [5.74, 6) is 0.0635. The molecule has 3 nitrogen and oxygen atoms in total. The second kappa shape index (κ2) is 4.85. The van der Waals surface area contributed by atoms with Crippen molar-refractivity contribution in [1.29, 1.82) is 0 Å². The third kappa shape index (κ3) is 2.37. The Kier molecular flexibility index (Phi) is 3.05. The van der Waals surface area contributed by atoms with Crippen LogP contribution in [0.15, 0.2) is 42.0 Å². The van der Waals surface area contributed by atoms with E-state index >= 15 is 0 Å². The number of nitrogens with zero attached hydrogens (tertiary/aromatic N) is 3. The van der Waals surface area contributed by atoms with E-state index in [2.05, 4.69) is 15.0 Å². The Morgan fingerprint density at radius 3 is 2.47 bits per heavy atom. The highest BCUT2D eigenvalue weighted by atomic mass is 32.1. The molecule has 0 bridgehead atoms. The fraction of sp³-hybridized carbons (Fsp3) is 0.0714. The summed E-state index contributed by atoms with van der Waals surface area (Å²) in [7, 11) is 0. The van der Waals surface area contributed by atoms with E-state index in [0.29, 0.717) is 11.4 Å². The summed E-state index contributed by atoms with van der Waals surface area (Å²) in [4.78, 5) is 12.8. The van der Waals surface area contributed by atoms with Gasteiger partial charge in [-0.1, -0.05) is 12.1 Å². The zero-order chi connectivity index (χ0) is 13.2. The largest absolute Gasteiger partial charge is 0.241 e. The zero-order valence-electron chi connectivity index (χ0n) is 10.2. The molecule has 0 aliphatic rings. The molecule has 0 amide bonds. The SMILES string of the molecule is Cc1nc(-c2cnc(-c3ccccc3F)nc2)cs1. The number of halogens is 1. The summed E-state index contributed by atoms with van der Waals surface area (Å²) in [5.41, 5.74) is 2.09. The first kappa shape index (κ1) is 11.9. The molecule has 0 unspecified atom stereocenters. The van der Waals surface area contributed by atoms with E-state index < -0.39 is 0 Å². The Morgan fingerprint density at radius 2 is 1.84 bits per heavy atom. The first-order valence-corrected chi connectivity index (χ1v) is 6.61. The number of thiazole rings is 1. The number of hydrogen-bond donors (Lipinski definition) is 0. The molecule has 2 aromatic heterocycles. The molecule has 94 valence electrons. The van der Waals surface area contributed by atoms with Crippen molar-refractivity contribution in [2.75, 3.05) is 0 Å². The van der Waals surface area contributed by atoms with Crippen LogP contribution >= 0.6 is 11.3 Å². The van der Waals surface area contributed by atoms with Crippen molar-refractivity contribution in [3.63, 3.8) is 0 Å². The van der Waals surface area contributed by atoms with Crippen LogP contribution in [0.1, 0.15) is 5.01 Å². The summed E-state index contributed by atoms with van der Waals surface area (Å²) in [6.07, 6.45) is 3.34. The Balaban J connectivity index is 1.97. The van der Waals surface area contributed by atoms with Crippen LogP contribution in [0.3, 0.4) is 0 Å². The standard InChI is InChI=1S/C14H10FN3S/c1-9-18-13(8-19-9)10-6-16-14(17-7-10)11-4-2-3-5-12(11)15/h2-8H,1H3. The lowest BCUT2D eigenvalue weighted by molar-refractivity contribution is 0.630. The van der Waals surface area contributed by atoms with Crippen molar-refractivity contribution in [3.8, 4) is 22.6 Å². The minimum Gasteiger partial charge on any atom is -0.241 e. The highest BCUT2D eigenvalue weighted by molar-refractivity contribution is 7.09. The molecule has 19 heavy (non-hydrogen) atoms. The van der Waals surface area contributed by atoms with Gasteiger partial charge in [-0.05, 0) is 19.1 Å². The molecule has 0 N–H and O–H groups in total. The van der Waals surface area contributed by atoms with Gasteiger partial charge in [-0.15, -0.1) is 11.3 Å². The lowest BCUT2D eigenvalue weighted by Gasteiger charge is -2.02. The van der Waals surface area contributed by atoms with Crippen molar-refractivity contribution in [2.24, 2.45) is 0 Å². The number of aryl methyl sites for hydroxylation is 1. The molecule has 0 spiro atoms. The van der Waals surface area contributed by atoms with Crippen molar-refractivity contribution >= 4 is 11.3 Å². The number of rotatable bonds is 2. The van der Waals surface area contributed by atoms with Crippen LogP contribution in [0.4, 0.5) is 4.39 Å². The molecule has 1 aromatic carbocycles. The van der Waals surface area contributed by atoms with E-state index in [-0.39, 0.29) is 5.82 Å². The molecular weight excluding hydrogens is 261 g/mol. The van der Waals surface area contributed by atoms with Gasteiger partial charge < -0.3 is 0 Å². The molecule has 3 aromatic rings. The first-order chi connectivity index (χ1) is 9.24. The molecule has 0 atom stereocenters. The van der Waals surface area contributed by atoms with Crippen LogP contribution in [-0.2, 0) is 0 Å². The molecule has 0 saturated carbocycles. The van der Waals surface area contributed by atoms with Crippen LogP contribution in [0, 0.1) is 12.7 Å². The molecule has 0 aliphatic heterocycles. The minimum atomic E-state index is -0.320. The van der Waals surface area contributed by atoms with Crippen LogP contribution in [-0.4, -0.2) is 15.0 Å². The van der Waals surface area contributed by atoms with E-state index in [9.17, 15) is 4.39 Å². The Hall–Kier alpha value is -2.14. The van der Waals surface area contributed by atoms with Gasteiger partial charge in [0.1, 0.15) is 5.82 Å². The monoisotopic (exact) mass is 271 g/mol. The smallest absolute Gasteiger partial charge is 0.162 e. The molecular formula is C14H10FN3S. The quantitative estimate of drug-likeness (QED) is 0.713. The summed E-state index contributed by atoms with van der Waals surface area (Å²) in [6, 6.07) is 6.47. The van der Waals surface area contributed by atoms with Gasteiger partial charge in [0.05, 0.1) is 16.3 Å². The van der Waals surface area contributed by atoms with Crippen LogP contribution in [0.25, 0.3) is 22.6 Å².